The molecular weight excluding hydrogens is 327 g/mol. The zero-order valence-electron chi connectivity index (χ0n) is 13.6. The third-order valence-corrected chi connectivity index (χ3v) is 5.93. The lowest BCUT2D eigenvalue weighted by Crippen LogP contribution is -2.42. The van der Waals surface area contributed by atoms with E-state index >= 15 is 0 Å². The molecule has 0 spiro atoms. The SMILES string of the molecule is CCOC(=O)C(c1ccccc1)(C(C)c1ccccc1)P(=O)(O)O. The Labute approximate surface area is 141 Å². The van der Waals surface area contributed by atoms with Gasteiger partial charge < -0.3 is 14.5 Å². The molecule has 5 nitrogen and oxygen atoms in total. The Hall–Kier alpha value is -1.94. The summed E-state index contributed by atoms with van der Waals surface area (Å²) in [5.41, 5.74) is 0.894. The molecule has 0 saturated heterocycles. The summed E-state index contributed by atoms with van der Waals surface area (Å²) in [5, 5.41) is -2.09. The first-order valence-electron chi connectivity index (χ1n) is 7.69. The lowest BCUT2D eigenvalue weighted by atomic mass is 9.81. The summed E-state index contributed by atoms with van der Waals surface area (Å²) >= 11 is 0. The van der Waals surface area contributed by atoms with E-state index in [1.54, 1.807) is 68.4 Å². The summed E-state index contributed by atoms with van der Waals surface area (Å²) in [6.07, 6.45) is 0. The van der Waals surface area contributed by atoms with Crippen molar-refractivity contribution < 1.29 is 23.9 Å². The van der Waals surface area contributed by atoms with Gasteiger partial charge in [-0.3, -0.25) is 9.36 Å². The second-order valence-corrected chi connectivity index (χ2v) is 7.32. The van der Waals surface area contributed by atoms with Crippen molar-refractivity contribution in [1.82, 2.24) is 0 Å². The molecule has 0 amide bonds. The number of hydrogen-bond donors (Lipinski definition) is 2. The zero-order chi connectivity index (χ0) is 17.8. The van der Waals surface area contributed by atoms with E-state index in [-0.39, 0.29) is 12.2 Å². The molecule has 0 aromatic heterocycles. The van der Waals surface area contributed by atoms with Crippen LogP contribution in [-0.2, 0) is 19.3 Å². The minimum absolute atomic E-state index is 0.0366. The second kappa shape index (κ2) is 7.31. The molecule has 2 N–H and O–H groups in total. The molecule has 0 aliphatic rings. The predicted molar refractivity (Wildman–Crippen MR) is 91.7 cm³/mol. The van der Waals surface area contributed by atoms with Crippen LogP contribution in [0.3, 0.4) is 0 Å². The first-order chi connectivity index (χ1) is 11.4. The minimum atomic E-state index is -4.91. The van der Waals surface area contributed by atoms with Crippen molar-refractivity contribution in [2.24, 2.45) is 0 Å². The summed E-state index contributed by atoms with van der Waals surface area (Å²) in [5.74, 6) is -1.69. The number of esters is 1. The van der Waals surface area contributed by atoms with Gasteiger partial charge in [-0.25, -0.2) is 0 Å². The van der Waals surface area contributed by atoms with Gasteiger partial charge in [0.25, 0.3) is 0 Å². The number of carbonyl (C=O) groups is 1. The van der Waals surface area contributed by atoms with E-state index in [1.165, 1.54) is 0 Å². The second-order valence-electron chi connectivity index (χ2n) is 5.53. The largest absolute Gasteiger partial charge is 0.465 e. The van der Waals surface area contributed by atoms with Crippen LogP contribution >= 0.6 is 7.60 Å². The summed E-state index contributed by atoms with van der Waals surface area (Å²) < 4.78 is 17.7. The zero-order valence-corrected chi connectivity index (χ0v) is 14.5. The minimum Gasteiger partial charge on any atom is -0.465 e. The normalized spacial score (nSPS) is 15.3. The monoisotopic (exact) mass is 348 g/mol. The molecule has 0 bridgehead atoms. The smallest absolute Gasteiger partial charge is 0.347 e. The Morgan fingerprint density at radius 2 is 1.58 bits per heavy atom. The molecule has 2 unspecified atom stereocenters. The summed E-state index contributed by atoms with van der Waals surface area (Å²) in [4.78, 5) is 33.3. The van der Waals surface area contributed by atoms with E-state index in [0.717, 1.165) is 0 Å². The molecule has 0 radical (unpaired) electrons. The average Bonchev–Trinajstić information content (AvgIpc) is 2.56. The Kier molecular flexibility index (Phi) is 5.60. The summed E-state index contributed by atoms with van der Waals surface area (Å²) in [6, 6.07) is 17.0. The average molecular weight is 348 g/mol. The summed E-state index contributed by atoms with van der Waals surface area (Å²) in [7, 11) is -4.91. The predicted octanol–water partition coefficient (Wildman–Crippen LogP) is 3.43. The number of hydrogen-bond acceptors (Lipinski definition) is 3. The van der Waals surface area contributed by atoms with Gasteiger partial charge >= 0.3 is 13.6 Å². The van der Waals surface area contributed by atoms with Crippen LogP contribution in [0.2, 0.25) is 0 Å². The fraction of sp³-hybridized carbons (Fsp3) is 0.278. The van der Waals surface area contributed by atoms with Crippen LogP contribution in [0.25, 0.3) is 0 Å². The van der Waals surface area contributed by atoms with Crippen LogP contribution < -0.4 is 0 Å². The summed E-state index contributed by atoms with van der Waals surface area (Å²) in [6.45, 7) is 3.29. The first kappa shape index (κ1) is 18.4. The fourth-order valence-electron chi connectivity index (χ4n) is 3.00. The fourth-order valence-corrected chi connectivity index (χ4v) is 4.44. The highest BCUT2D eigenvalue weighted by Gasteiger charge is 2.60. The van der Waals surface area contributed by atoms with Crippen LogP contribution in [-0.4, -0.2) is 22.4 Å². The van der Waals surface area contributed by atoms with E-state index in [1.807, 2.05) is 6.07 Å². The lowest BCUT2D eigenvalue weighted by Gasteiger charge is -2.37. The van der Waals surface area contributed by atoms with E-state index in [9.17, 15) is 19.1 Å². The van der Waals surface area contributed by atoms with Crippen molar-refractivity contribution in [3.05, 3.63) is 71.8 Å². The Bertz CT molecular complexity index is 726. The molecule has 6 heteroatoms. The van der Waals surface area contributed by atoms with Crippen LogP contribution in [0, 0.1) is 0 Å². The molecule has 2 rings (SSSR count). The Morgan fingerprint density at radius 3 is 2.04 bits per heavy atom. The van der Waals surface area contributed by atoms with Gasteiger partial charge in [-0.1, -0.05) is 67.6 Å². The standard InChI is InChI=1S/C18H21O5P/c1-3-23-17(19)18(24(20,21)22,16-12-8-5-9-13-16)14(2)15-10-6-4-7-11-15/h4-14H,3H2,1-2H3,(H2,20,21,22). The van der Waals surface area contributed by atoms with Gasteiger partial charge in [0.1, 0.15) is 0 Å². The van der Waals surface area contributed by atoms with Crippen LogP contribution in [0.4, 0.5) is 0 Å². The highest BCUT2D eigenvalue weighted by molar-refractivity contribution is 7.54. The van der Waals surface area contributed by atoms with Crippen LogP contribution in [0.15, 0.2) is 60.7 Å². The van der Waals surface area contributed by atoms with E-state index < -0.39 is 24.6 Å². The van der Waals surface area contributed by atoms with Gasteiger partial charge in [-0.15, -0.1) is 0 Å². The Morgan fingerprint density at radius 1 is 1.08 bits per heavy atom. The maximum absolute atomic E-state index is 12.8. The van der Waals surface area contributed by atoms with Crippen molar-refractivity contribution in [3.8, 4) is 0 Å². The molecular formula is C18H21O5P. The number of rotatable bonds is 6. The highest BCUT2D eigenvalue weighted by Crippen LogP contribution is 2.64. The first-order valence-corrected chi connectivity index (χ1v) is 9.30. The molecule has 2 aromatic rings. The quantitative estimate of drug-likeness (QED) is 0.617. The van der Waals surface area contributed by atoms with Gasteiger partial charge in [-0.2, -0.15) is 0 Å². The topological polar surface area (TPSA) is 83.8 Å². The van der Waals surface area contributed by atoms with Gasteiger partial charge in [0.15, 0.2) is 5.16 Å². The van der Waals surface area contributed by atoms with Gasteiger partial charge in [0.2, 0.25) is 0 Å². The van der Waals surface area contributed by atoms with Crippen molar-refractivity contribution in [3.63, 3.8) is 0 Å². The third-order valence-electron chi connectivity index (χ3n) is 4.19. The molecule has 0 heterocycles. The molecule has 24 heavy (non-hydrogen) atoms. The van der Waals surface area contributed by atoms with Gasteiger partial charge in [0.05, 0.1) is 6.61 Å². The maximum Gasteiger partial charge on any atom is 0.347 e. The van der Waals surface area contributed by atoms with Crippen molar-refractivity contribution in [1.29, 1.82) is 0 Å². The molecule has 2 aromatic carbocycles. The van der Waals surface area contributed by atoms with E-state index in [0.29, 0.717) is 5.56 Å². The van der Waals surface area contributed by atoms with E-state index in [2.05, 4.69) is 0 Å². The maximum atomic E-state index is 12.8. The molecule has 0 fully saturated rings. The number of ether oxygens (including phenoxy) is 1. The number of carbonyl (C=O) groups excluding carboxylic acids is 1. The van der Waals surface area contributed by atoms with Crippen molar-refractivity contribution >= 4 is 13.6 Å². The molecule has 2 atom stereocenters. The highest BCUT2D eigenvalue weighted by atomic mass is 31.2. The third kappa shape index (κ3) is 3.16. The van der Waals surface area contributed by atoms with Crippen molar-refractivity contribution in [2.75, 3.05) is 6.61 Å². The Balaban J connectivity index is 2.76. The van der Waals surface area contributed by atoms with Gasteiger partial charge in [0, 0.05) is 5.92 Å². The van der Waals surface area contributed by atoms with Crippen LogP contribution in [0.1, 0.15) is 30.9 Å². The van der Waals surface area contributed by atoms with Gasteiger partial charge in [-0.05, 0) is 18.1 Å². The molecule has 0 aliphatic heterocycles. The van der Waals surface area contributed by atoms with E-state index in [4.69, 9.17) is 4.74 Å². The lowest BCUT2D eigenvalue weighted by molar-refractivity contribution is -0.148. The number of benzene rings is 2. The van der Waals surface area contributed by atoms with Crippen LogP contribution in [0.5, 0.6) is 0 Å². The van der Waals surface area contributed by atoms with Crippen molar-refractivity contribution in [2.45, 2.75) is 24.9 Å². The molecule has 0 saturated carbocycles. The molecule has 128 valence electrons. The molecule has 0 aliphatic carbocycles.